The van der Waals surface area contributed by atoms with Crippen molar-refractivity contribution in [3.05, 3.63) is 30.1 Å². The lowest BCUT2D eigenvalue weighted by Crippen LogP contribution is -2.20. The van der Waals surface area contributed by atoms with Gasteiger partial charge in [-0.2, -0.15) is 0 Å². The fourth-order valence-corrected chi connectivity index (χ4v) is 2.74. The second-order valence-corrected chi connectivity index (χ2v) is 5.43. The lowest BCUT2D eigenvalue weighted by atomic mass is 10.2. The zero-order valence-corrected chi connectivity index (χ0v) is 11.5. The zero-order chi connectivity index (χ0) is 13.2. The number of hydrogen-bond acceptors (Lipinski definition) is 3. The Morgan fingerprint density at radius 2 is 2.32 bits per heavy atom. The summed E-state index contributed by atoms with van der Waals surface area (Å²) in [6.07, 6.45) is 3.07. The van der Waals surface area contributed by atoms with Crippen LogP contribution >= 0.6 is 12.2 Å². The van der Waals surface area contributed by atoms with Crippen LogP contribution in [0.1, 0.15) is 18.7 Å². The van der Waals surface area contributed by atoms with Gasteiger partial charge in [-0.05, 0) is 25.0 Å². The van der Waals surface area contributed by atoms with Gasteiger partial charge < -0.3 is 15.0 Å². The number of imidazole rings is 1. The number of benzene rings is 1. The summed E-state index contributed by atoms with van der Waals surface area (Å²) in [4.78, 5) is 5.11. The van der Waals surface area contributed by atoms with E-state index in [4.69, 9.17) is 22.7 Å². The van der Waals surface area contributed by atoms with Crippen LogP contribution in [0, 0.1) is 0 Å². The topological polar surface area (TPSA) is 53.1 Å². The first-order chi connectivity index (χ1) is 9.24. The van der Waals surface area contributed by atoms with Crippen LogP contribution in [0.2, 0.25) is 0 Å². The van der Waals surface area contributed by atoms with E-state index in [1.807, 2.05) is 18.2 Å². The van der Waals surface area contributed by atoms with Gasteiger partial charge in [0.05, 0.1) is 35.1 Å². The van der Waals surface area contributed by atoms with Crippen LogP contribution in [0.4, 0.5) is 0 Å². The molecule has 1 unspecified atom stereocenters. The van der Waals surface area contributed by atoms with Crippen molar-refractivity contribution in [1.29, 1.82) is 0 Å². The molecule has 19 heavy (non-hydrogen) atoms. The smallest absolute Gasteiger partial charge is 0.116 e. The minimum absolute atomic E-state index is 0.280. The molecule has 3 rings (SSSR count). The highest BCUT2D eigenvalue weighted by molar-refractivity contribution is 7.80. The molecule has 0 aliphatic carbocycles. The maximum Gasteiger partial charge on any atom is 0.116 e. The normalized spacial score (nSPS) is 19.1. The highest BCUT2D eigenvalue weighted by Gasteiger charge is 2.19. The second kappa shape index (κ2) is 5.27. The molecule has 1 aliphatic rings. The van der Waals surface area contributed by atoms with Crippen LogP contribution in [0.5, 0.6) is 0 Å². The summed E-state index contributed by atoms with van der Waals surface area (Å²) in [6, 6.07) is 8.13. The Morgan fingerprint density at radius 3 is 3.05 bits per heavy atom. The highest BCUT2D eigenvalue weighted by atomic mass is 32.1. The fourth-order valence-electron chi connectivity index (χ4n) is 2.61. The lowest BCUT2D eigenvalue weighted by Gasteiger charge is -2.13. The van der Waals surface area contributed by atoms with Crippen molar-refractivity contribution in [2.24, 2.45) is 5.73 Å². The average molecular weight is 275 g/mol. The van der Waals surface area contributed by atoms with Crippen molar-refractivity contribution < 1.29 is 4.74 Å². The maximum absolute atomic E-state index is 5.72. The first-order valence-electron chi connectivity index (χ1n) is 6.58. The Hall–Kier alpha value is -1.46. The van der Waals surface area contributed by atoms with Gasteiger partial charge in [0.1, 0.15) is 5.82 Å². The molecule has 1 fully saturated rings. The standard InChI is InChI=1S/C14H17N3OS/c15-13(19)8-14-16-11-5-1-2-6-12(11)17(14)9-10-4-3-7-18-10/h1-2,5-6,10H,3-4,7-9H2,(H2,15,19). The largest absolute Gasteiger partial charge is 0.393 e. The molecule has 0 saturated carbocycles. The molecule has 1 aromatic carbocycles. The van der Waals surface area contributed by atoms with E-state index in [0.29, 0.717) is 11.4 Å². The molecule has 100 valence electrons. The van der Waals surface area contributed by atoms with E-state index in [9.17, 15) is 0 Å². The third-order valence-corrected chi connectivity index (χ3v) is 3.62. The summed E-state index contributed by atoms with van der Waals surface area (Å²) < 4.78 is 7.92. The molecule has 1 saturated heterocycles. The SMILES string of the molecule is NC(=S)Cc1nc2ccccc2n1CC1CCCO1. The quantitative estimate of drug-likeness (QED) is 0.868. The van der Waals surface area contributed by atoms with Crippen LogP contribution < -0.4 is 5.73 Å². The number of fused-ring (bicyclic) bond motifs is 1. The minimum Gasteiger partial charge on any atom is -0.393 e. The third-order valence-electron chi connectivity index (χ3n) is 3.48. The summed E-state index contributed by atoms with van der Waals surface area (Å²) in [5.41, 5.74) is 7.79. The number of ether oxygens (including phenoxy) is 1. The van der Waals surface area contributed by atoms with Gasteiger partial charge in [-0.3, -0.25) is 0 Å². The monoisotopic (exact) mass is 275 g/mol. The molecular weight excluding hydrogens is 258 g/mol. The summed E-state index contributed by atoms with van der Waals surface area (Å²) in [5, 5.41) is 0. The molecule has 0 radical (unpaired) electrons. The van der Waals surface area contributed by atoms with Gasteiger partial charge in [-0.15, -0.1) is 0 Å². The van der Waals surface area contributed by atoms with Crippen molar-refractivity contribution in [1.82, 2.24) is 9.55 Å². The van der Waals surface area contributed by atoms with Gasteiger partial charge in [0, 0.05) is 6.61 Å². The van der Waals surface area contributed by atoms with E-state index in [0.717, 1.165) is 42.9 Å². The van der Waals surface area contributed by atoms with Crippen molar-refractivity contribution in [3.63, 3.8) is 0 Å². The summed E-state index contributed by atoms with van der Waals surface area (Å²) in [5.74, 6) is 0.934. The van der Waals surface area contributed by atoms with Crippen molar-refractivity contribution >= 4 is 28.2 Å². The lowest BCUT2D eigenvalue weighted by molar-refractivity contribution is 0.0973. The molecule has 0 bridgehead atoms. The Morgan fingerprint density at radius 1 is 1.47 bits per heavy atom. The number of hydrogen-bond donors (Lipinski definition) is 1. The van der Waals surface area contributed by atoms with Crippen LogP contribution in [-0.4, -0.2) is 27.3 Å². The number of aromatic nitrogens is 2. The molecule has 1 aliphatic heterocycles. The predicted octanol–water partition coefficient (Wildman–Crippen LogP) is 2.04. The van der Waals surface area contributed by atoms with E-state index < -0.39 is 0 Å². The Bertz CT molecular complexity index is 602. The molecule has 2 aromatic rings. The van der Waals surface area contributed by atoms with E-state index in [1.54, 1.807) is 0 Å². The number of nitrogens with zero attached hydrogens (tertiary/aromatic N) is 2. The van der Waals surface area contributed by atoms with Gasteiger partial charge in [-0.1, -0.05) is 24.4 Å². The summed E-state index contributed by atoms with van der Waals surface area (Å²) in [6.45, 7) is 1.69. The summed E-state index contributed by atoms with van der Waals surface area (Å²) >= 11 is 5.02. The number of thiocarbonyl (C=S) groups is 1. The van der Waals surface area contributed by atoms with Crippen LogP contribution in [0.25, 0.3) is 11.0 Å². The van der Waals surface area contributed by atoms with Crippen molar-refractivity contribution in [2.45, 2.75) is 31.9 Å². The Balaban J connectivity index is 1.99. The number of para-hydroxylation sites is 2. The first kappa shape index (κ1) is 12.6. The molecule has 4 nitrogen and oxygen atoms in total. The average Bonchev–Trinajstić information content (AvgIpc) is 2.99. The van der Waals surface area contributed by atoms with Gasteiger partial charge >= 0.3 is 0 Å². The van der Waals surface area contributed by atoms with Gasteiger partial charge in [0.15, 0.2) is 0 Å². The molecule has 0 amide bonds. The number of nitrogens with two attached hydrogens (primary N) is 1. The zero-order valence-electron chi connectivity index (χ0n) is 10.7. The van der Waals surface area contributed by atoms with E-state index in [2.05, 4.69) is 15.6 Å². The molecule has 0 spiro atoms. The fraction of sp³-hybridized carbons (Fsp3) is 0.429. The molecule has 1 atom stereocenters. The van der Waals surface area contributed by atoms with E-state index in [1.165, 1.54) is 0 Å². The van der Waals surface area contributed by atoms with Crippen molar-refractivity contribution in [2.75, 3.05) is 6.61 Å². The summed E-state index contributed by atoms with van der Waals surface area (Å²) in [7, 11) is 0. The third kappa shape index (κ3) is 2.62. The van der Waals surface area contributed by atoms with E-state index >= 15 is 0 Å². The van der Waals surface area contributed by atoms with Gasteiger partial charge in [0.25, 0.3) is 0 Å². The van der Waals surface area contributed by atoms with Crippen LogP contribution in [0.15, 0.2) is 24.3 Å². The van der Waals surface area contributed by atoms with Gasteiger partial charge in [-0.25, -0.2) is 4.98 Å². The number of rotatable bonds is 4. The minimum atomic E-state index is 0.280. The molecule has 5 heteroatoms. The first-order valence-corrected chi connectivity index (χ1v) is 6.99. The highest BCUT2D eigenvalue weighted by Crippen LogP contribution is 2.21. The van der Waals surface area contributed by atoms with Gasteiger partial charge in [0.2, 0.25) is 0 Å². The van der Waals surface area contributed by atoms with Crippen molar-refractivity contribution in [3.8, 4) is 0 Å². The van der Waals surface area contributed by atoms with Crippen LogP contribution in [0.3, 0.4) is 0 Å². The molecule has 2 heterocycles. The predicted molar refractivity (Wildman–Crippen MR) is 79.2 cm³/mol. The van der Waals surface area contributed by atoms with Crippen LogP contribution in [-0.2, 0) is 17.7 Å². The Kier molecular flexibility index (Phi) is 3.48. The molecular formula is C14H17N3OS. The molecule has 2 N–H and O–H groups in total. The Labute approximate surface area is 117 Å². The molecule has 1 aromatic heterocycles. The second-order valence-electron chi connectivity index (χ2n) is 4.91. The maximum atomic E-state index is 5.72. The van der Waals surface area contributed by atoms with E-state index in [-0.39, 0.29) is 6.10 Å².